The van der Waals surface area contributed by atoms with Crippen molar-refractivity contribution in [1.82, 2.24) is 0 Å². The molecule has 2 N–H and O–H groups in total. The van der Waals surface area contributed by atoms with Gasteiger partial charge >= 0.3 is 5.97 Å². The summed E-state index contributed by atoms with van der Waals surface area (Å²) in [6.45, 7) is 0. The van der Waals surface area contributed by atoms with E-state index in [9.17, 15) is 14.9 Å². The van der Waals surface area contributed by atoms with Gasteiger partial charge in [0, 0.05) is 17.8 Å². The summed E-state index contributed by atoms with van der Waals surface area (Å²) in [6, 6.07) is 12.2. The van der Waals surface area contributed by atoms with Crippen LogP contribution in [0.3, 0.4) is 0 Å². The third kappa shape index (κ3) is 2.86. The van der Waals surface area contributed by atoms with Crippen LogP contribution >= 0.6 is 0 Å². The molecule has 0 bridgehead atoms. The van der Waals surface area contributed by atoms with E-state index in [1.165, 1.54) is 24.3 Å². The molecule has 0 radical (unpaired) electrons. The maximum Gasteiger partial charge on any atom is 0.337 e. The van der Waals surface area contributed by atoms with Crippen molar-refractivity contribution < 1.29 is 14.8 Å². The summed E-state index contributed by atoms with van der Waals surface area (Å²) >= 11 is 0. The first-order valence-electron chi connectivity index (χ1n) is 5.42. The number of aromatic carboxylic acids is 1. The van der Waals surface area contributed by atoms with Gasteiger partial charge in [0.25, 0.3) is 5.69 Å². The van der Waals surface area contributed by atoms with Crippen LogP contribution in [0.25, 0.3) is 0 Å². The zero-order chi connectivity index (χ0) is 13.8. The largest absolute Gasteiger partial charge is 0.478 e. The molecule has 0 unspecified atom stereocenters. The molecule has 6 nitrogen and oxygen atoms in total. The maximum atomic E-state index is 11.0. The Balaban J connectivity index is 2.34. The van der Waals surface area contributed by atoms with E-state index in [2.05, 4.69) is 5.32 Å². The summed E-state index contributed by atoms with van der Waals surface area (Å²) < 4.78 is 0. The van der Waals surface area contributed by atoms with Crippen LogP contribution < -0.4 is 5.32 Å². The Labute approximate surface area is 108 Å². The quantitative estimate of drug-likeness (QED) is 0.649. The molecule has 19 heavy (non-hydrogen) atoms. The van der Waals surface area contributed by atoms with Crippen LogP contribution in [0.15, 0.2) is 48.5 Å². The Morgan fingerprint density at radius 2 is 1.89 bits per heavy atom. The van der Waals surface area contributed by atoms with Crippen molar-refractivity contribution in [1.29, 1.82) is 0 Å². The Morgan fingerprint density at radius 3 is 2.58 bits per heavy atom. The van der Waals surface area contributed by atoms with Crippen molar-refractivity contribution in [2.24, 2.45) is 0 Å². The molecule has 96 valence electrons. The van der Waals surface area contributed by atoms with Crippen molar-refractivity contribution in [3.05, 3.63) is 64.2 Å². The lowest BCUT2D eigenvalue weighted by Crippen LogP contribution is -2.02. The number of anilines is 2. The monoisotopic (exact) mass is 258 g/mol. The topological polar surface area (TPSA) is 92.5 Å². The van der Waals surface area contributed by atoms with Gasteiger partial charge in [0.05, 0.1) is 16.2 Å². The summed E-state index contributed by atoms with van der Waals surface area (Å²) in [5.74, 6) is -1.06. The van der Waals surface area contributed by atoms with Gasteiger partial charge < -0.3 is 10.4 Å². The van der Waals surface area contributed by atoms with E-state index in [4.69, 9.17) is 5.11 Å². The SMILES string of the molecule is O=C(O)c1ccccc1Nc1cccc([N+](=O)[O-])c1. The molecule has 2 aromatic rings. The highest BCUT2D eigenvalue weighted by Gasteiger charge is 2.10. The Kier molecular flexibility index (Phi) is 3.42. The van der Waals surface area contributed by atoms with Crippen LogP contribution in [0.4, 0.5) is 17.1 Å². The zero-order valence-corrected chi connectivity index (χ0v) is 9.74. The minimum atomic E-state index is -1.06. The number of nitrogens with one attached hydrogen (secondary N) is 1. The molecular formula is C13H10N2O4. The average Bonchev–Trinajstić information content (AvgIpc) is 2.39. The number of hydrogen-bond acceptors (Lipinski definition) is 4. The molecule has 0 atom stereocenters. The summed E-state index contributed by atoms with van der Waals surface area (Å²) in [5, 5.41) is 22.6. The van der Waals surface area contributed by atoms with Gasteiger partial charge in [-0.25, -0.2) is 4.79 Å². The molecule has 0 aliphatic carbocycles. The molecule has 0 aromatic heterocycles. The van der Waals surface area contributed by atoms with Crippen LogP contribution in [-0.2, 0) is 0 Å². The fraction of sp³-hybridized carbons (Fsp3) is 0. The van der Waals surface area contributed by atoms with Gasteiger partial charge in [0.1, 0.15) is 0 Å². The number of non-ortho nitro benzene ring substituents is 1. The molecule has 0 aliphatic rings. The number of nitrogens with zero attached hydrogens (tertiary/aromatic N) is 1. The highest BCUT2D eigenvalue weighted by Crippen LogP contribution is 2.23. The summed E-state index contributed by atoms with van der Waals surface area (Å²) in [6.07, 6.45) is 0. The van der Waals surface area contributed by atoms with Crippen LogP contribution in [0.1, 0.15) is 10.4 Å². The van der Waals surface area contributed by atoms with Gasteiger partial charge in [-0.2, -0.15) is 0 Å². The number of carbonyl (C=O) groups is 1. The van der Waals surface area contributed by atoms with Gasteiger partial charge in [-0.05, 0) is 18.2 Å². The number of para-hydroxylation sites is 1. The van der Waals surface area contributed by atoms with Crippen molar-refractivity contribution in [3.63, 3.8) is 0 Å². The summed E-state index contributed by atoms with van der Waals surface area (Å²) in [7, 11) is 0. The van der Waals surface area contributed by atoms with E-state index in [1.807, 2.05) is 0 Å². The lowest BCUT2D eigenvalue weighted by atomic mass is 10.1. The number of carboxylic acid groups (broad SMARTS) is 1. The van der Waals surface area contributed by atoms with Crippen LogP contribution in [0.2, 0.25) is 0 Å². The standard InChI is InChI=1S/C13H10N2O4/c16-13(17)11-6-1-2-7-12(11)14-9-4-3-5-10(8-9)15(18)19/h1-8,14H,(H,16,17). The molecule has 0 heterocycles. The lowest BCUT2D eigenvalue weighted by Gasteiger charge is -2.09. The van der Waals surface area contributed by atoms with E-state index < -0.39 is 10.9 Å². The number of hydrogen-bond donors (Lipinski definition) is 2. The molecule has 0 saturated carbocycles. The fourth-order valence-electron chi connectivity index (χ4n) is 1.63. The molecule has 6 heteroatoms. The average molecular weight is 258 g/mol. The molecule has 0 spiro atoms. The maximum absolute atomic E-state index is 11.0. The predicted molar refractivity (Wildman–Crippen MR) is 69.8 cm³/mol. The van der Waals surface area contributed by atoms with Crippen molar-refractivity contribution in [2.75, 3.05) is 5.32 Å². The second kappa shape index (κ2) is 5.18. The van der Waals surface area contributed by atoms with E-state index in [0.717, 1.165) is 0 Å². The van der Waals surface area contributed by atoms with Gasteiger partial charge in [0.15, 0.2) is 0 Å². The summed E-state index contributed by atoms with van der Waals surface area (Å²) in [5.41, 5.74) is 0.894. The Hall–Kier alpha value is -2.89. The minimum Gasteiger partial charge on any atom is -0.478 e. The number of rotatable bonds is 4. The Bertz CT molecular complexity index is 640. The third-order valence-corrected chi connectivity index (χ3v) is 2.49. The van der Waals surface area contributed by atoms with Gasteiger partial charge in [-0.3, -0.25) is 10.1 Å². The van der Waals surface area contributed by atoms with Gasteiger partial charge in [-0.1, -0.05) is 18.2 Å². The van der Waals surface area contributed by atoms with E-state index in [1.54, 1.807) is 24.3 Å². The predicted octanol–water partition coefficient (Wildman–Crippen LogP) is 3.04. The summed E-state index contributed by atoms with van der Waals surface area (Å²) in [4.78, 5) is 21.2. The van der Waals surface area contributed by atoms with E-state index in [-0.39, 0.29) is 11.3 Å². The number of nitro groups is 1. The molecule has 2 aromatic carbocycles. The molecule has 0 saturated heterocycles. The smallest absolute Gasteiger partial charge is 0.337 e. The lowest BCUT2D eigenvalue weighted by molar-refractivity contribution is -0.384. The van der Waals surface area contributed by atoms with Gasteiger partial charge in [0.2, 0.25) is 0 Å². The van der Waals surface area contributed by atoms with E-state index in [0.29, 0.717) is 11.4 Å². The first kappa shape index (κ1) is 12.6. The first-order chi connectivity index (χ1) is 9.08. The normalized spacial score (nSPS) is 9.89. The van der Waals surface area contributed by atoms with Crippen molar-refractivity contribution in [2.45, 2.75) is 0 Å². The Morgan fingerprint density at radius 1 is 1.16 bits per heavy atom. The fourth-order valence-corrected chi connectivity index (χ4v) is 1.63. The third-order valence-electron chi connectivity index (χ3n) is 2.49. The van der Waals surface area contributed by atoms with Crippen LogP contribution in [-0.4, -0.2) is 16.0 Å². The van der Waals surface area contributed by atoms with Gasteiger partial charge in [-0.15, -0.1) is 0 Å². The van der Waals surface area contributed by atoms with E-state index >= 15 is 0 Å². The highest BCUT2D eigenvalue weighted by atomic mass is 16.6. The number of benzene rings is 2. The molecule has 0 amide bonds. The van der Waals surface area contributed by atoms with Crippen LogP contribution in [0, 0.1) is 10.1 Å². The zero-order valence-electron chi connectivity index (χ0n) is 9.74. The van der Waals surface area contributed by atoms with Crippen LogP contribution in [0.5, 0.6) is 0 Å². The number of carboxylic acids is 1. The highest BCUT2D eigenvalue weighted by molar-refractivity contribution is 5.95. The minimum absolute atomic E-state index is 0.0576. The second-order valence-electron chi connectivity index (χ2n) is 3.78. The van der Waals surface area contributed by atoms with Crippen molar-refractivity contribution >= 4 is 23.0 Å². The first-order valence-corrected chi connectivity index (χ1v) is 5.42. The second-order valence-corrected chi connectivity index (χ2v) is 3.78. The molecule has 2 rings (SSSR count). The molecule has 0 aliphatic heterocycles. The molecular weight excluding hydrogens is 248 g/mol. The molecule has 0 fully saturated rings. The van der Waals surface area contributed by atoms with Crippen molar-refractivity contribution in [3.8, 4) is 0 Å². The number of nitro benzene ring substituents is 1.